The minimum atomic E-state index is -3.65. The van der Waals surface area contributed by atoms with Crippen molar-refractivity contribution in [1.29, 1.82) is 0 Å². The Hall–Kier alpha value is -2.88. The Morgan fingerprint density at radius 3 is 2.40 bits per heavy atom. The number of sulfonamides is 1. The van der Waals surface area contributed by atoms with Crippen molar-refractivity contribution in [3.8, 4) is 11.5 Å². The molecule has 0 atom stereocenters. The lowest BCUT2D eigenvalue weighted by molar-refractivity contribution is 0.0950. The average molecular weight is 447 g/mol. The summed E-state index contributed by atoms with van der Waals surface area (Å²) in [4.78, 5) is 13.5. The minimum absolute atomic E-state index is 0.104. The molecule has 9 heteroatoms. The Morgan fingerprint density at radius 1 is 1.00 bits per heavy atom. The van der Waals surface area contributed by atoms with Crippen LogP contribution in [0.1, 0.15) is 20.8 Å². The first-order valence-corrected chi connectivity index (χ1v) is 11.4. The first-order chi connectivity index (χ1) is 14.4. The first-order valence-electron chi connectivity index (χ1n) is 9.04. The molecule has 0 unspecified atom stereocenters. The molecule has 1 heterocycles. The maximum atomic E-state index is 12.4. The maximum Gasteiger partial charge on any atom is 0.251 e. The number of hydrogen-bond donors (Lipinski definition) is 2. The Balaban J connectivity index is 1.62. The fraction of sp³-hybridized carbons (Fsp3) is 0.190. The van der Waals surface area contributed by atoms with E-state index >= 15 is 0 Å². The molecular formula is C21H22N2O5S2. The van der Waals surface area contributed by atoms with Crippen LogP contribution >= 0.6 is 11.3 Å². The number of methoxy groups -OCH3 is 2. The summed E-state index contributed by atoms with van der Waals surface area (Å²) >= 11 is 1.48. The molecule has 0 radical (unpaired) electrons. The SMILES string of the molecule is COc1ccc(CNC(=O)c2ccc(S(=O)(=O)NCc3cccs3)cc2)c(OC)c1. The molecule has 0 spiro atoms. The Labute approximate surface area is 179 Å². The number of rotatable bonds is 9. The minimum Gasteiger partial charge on any atom is -0.497 e. The quantitative estimate of drug-likeness (QED) is 0.527. The third-order valence-corrected chi connectivity index (χ3v) is 6.67. The first kappa shape index (κ1) is 21.8. The molecule has 1 amide bonds. The summed E-state index contributed by atoms with van der Waals surface area (Å²) in [6.07, 6.45) is 0. The zero-order valence-corrected chi connectivity index (χ0v) is 18.2. The van der Waals surface area contributed by atoms with Crippen molar-refractivity contribution < 1.29 is 22.7 Å². The molecule has 2 aromatic carbocycles. The van der Waals surface area contributed by atoms with Crippen molar-refractivity contribution in [2.45, 2.75) is 18.0 Å². The van der Waals surface area contributed by atoms with Crippen LogP contribution in [0.2, 0.25) is 0 Å². The topological polar surface area (TPSA) is 93.7 Å². The summed E-state index contributed by atoms with van der Waals surface area (Å²) in [6, 6.07) is 14.9. The molecule has 7 nitrogen and oxygen atoms in total. The molecular weight excluding hydrogens is 424 g/mol. The van der Waals surface area contributed by atoms with E-state index in [0.29, 0.717) is 17.1 Å². The maximum absolute atomic E-state index is 12.4. The van der Waals surface area contributed by atoms with Crippen LogP contribution in [0.15, 0.2) is 64.9 Å². The number of nitrogens with one attached hydrogen (secondary N) is 2. The lowest BCUT2D eigenvalue weighted by Crippen LogP contribution is -2.24. The van der Waals surface area contributed by atoms with Gasteiger partial charge in [0.2, 0.25) is 10.0 Å². The van der Waals surface area contributed by atoms with Gasteiger partial charge in [-0.3, -0.25) is 4.79 Å². The summed E-state index contributed by atoms with van der Waals surface area (Å²) in [7, 11) is -0.539. The van der Waals surface area contributed by atoms with Crippen LogP contribution in [0.25, 0.3) is 0 Å². The summed E-state index contributed by atoms with van der Waals surface area (Å²) in [5.41, 5.74) is 1.16. The van der Waals surface area contributed by atoms with Gasteiger partial charge in [-0.15, -0.1) is 11.3 Å². The van der Waals surface area contributed by atoms with Crippen molar-refractivity contribution in [2.75, 3.05) is 14.2 Å². The van der Waals surface area contributed by atoms with Gasteiger partial charge < -0.3 is 14.8 Å². The Morgan fingerprint density at radius 2 is 1.77 bits per heavy atom. The lowest BCUT2D eigenvalue weighted by Gasteiger charge is -2.12. The van der Waals surface area contributed by atoms with Crippen LogP contribution in [0.4, 0.5) is 0 Å². The second-order valence-electron chi connectivity index (χ2n) is 6.29. The smallest absolute Gasteiger partial charge is 0.251 e. The molecule has 0 bridgehead atoms. The van der Waals surface area contributed by atoms with E-state index in [9.17, 15) is 13.2 Å². The molecule has 0 saturated carbocycles. The van der Waals surface area contributed by atoms with Crippen LogP contribution in [0, 0.1) is 0 Å². The van der Waals surface area contributed by atoms with Gasteiger partial charge in [-0.25, -0.2) is 13.1 Å². The van der Waals surface area contributed by atoms with Gasteiger partial charge in [0, 0.05) is 35.2 Å². The molecule has 0 saturated heterocycles. The third-order valence-electron chi connectivity index (χ3n) is 4.38. The third kappa shape index (κ3) is 5.38. The highest BCUT2D eigenvalue weighted by molar-refractivity contribution is 7.89. The number of carbonyl (C=O) groups excluding carboxylic acids is 1. The van der Waals surface area contributed by atoms with E-state index in [-0.39, 0.29) is 23.9 Å². The van der Waals surface area contributed by atoms with Crippen LogP contribution < -0.4 is 19.5 Å². The second kappa shape index (κ2) is 9.75. The van der Waals surface area contributed by atoms with Gasteiger partial charge >= 0.3 is 0 Å². The molecule has 0 aliphatic rings. The highest BCUT2D eigenvalue weighted by atomic mass is 32.2. The molecule has 30 heavy (non-hydrogen) atoms. The zero-order chi connectivity index (χ0) is 21.6. The van der Waals surface area contributed by atoms with Gasteiger partial charge in [0.15, 0.2) is 0 Å². The summed E-state index contributed by atoms with van der Waals surface area (Å²) in [6.45, 7) is 0.486. The molecule has 1 aromatic heterocycles. The van der Waals surface area contributed by atoms with Crippen LogP contribution in [0.5, 0.6) is 11.5 Å². The van der Waals surface area contributed by atoms with E-state index in [2.05, 4.69) is 10.0 Å². The molecule has 0 aliphatic heterocycles. The molecule has 3 rings (SSSR count). The molecule has 3 aromatic rings. The highest BCUT2D eigenvalue weighted by Gasteiger charge is 2.15. The number of ether oxygens (including phenoxy) is 2. The van der Waals surface area contributed by atoms with Gasteiger partial charge in [0.25, 0.3) is 5.91 Å². The van der Waals surface area contributed by atoms with Crippen molar-refractivity contribution in [3.63, 3.8) is 0 Å². The Bertz CT molecular complexity index is 1090. The van der Waals surface area contributed by atoms with E-state index < -0.39 is 10.0 Å². The monoisotopic (exact) mass is 446 g/mol. The second-order valence-corrected chi connectivity index (χ2v) is 9.09. The van der Waals surface area contributed by atoms with Crippen LogP contribution in [-0.2, 0) is 23.1 Å². The predicted molar refractivity (Wildman–Crippen MR) is 116 cm³/mol. The van der Waals surface area contributed by atoms with Gasteiger partial charge in [0.1, 0.15) is 11.5 Å². The number of thiophene rings is 1. The van der Waals surface area contributed by atoms with E-state index in [1.54, 1.807) is 26.4 Å². The van der Waals surface area contributed by atoms with E-state index in [1.807, 2.05) is 23.6 Å². The van der Waals surface area contributed by atoms with Crippen LogP contribution in [-0.4, -0.2) is 28.5 Å². The zero-order valence-electron chi connectivity index (χ0n) is 16.5. The van der Waals surface area contributed by atoms with Gasteiger partial charge in [-0.05, 0) is 47.8 Å². The number of amides is 1. The molecule has 2 N–H and O–H groups in total. The summed E-state index contributed by atoms with van der Waals surface area (Å²) < 4.78 is 37.9. The largest absolute Gasteiger partial charge is 0.497 e. The predicted octanol–water partition coefficient (Wildman–Crippen LogP) is 3.17. The molecule has 0 aliphatic carbocycles. The van der Waals surface area contributed by atoms with Gasteiger partial charge in [0.05, 0.1) is 19.1 Å². The van der Waals surface area contributed by atoms with Gasteiger partial charge in [-0.2, -0.15) is 0 Å². The van der Waals surface area contributed by atoms with Crippen molar-refractivity contribution in [2.24, 2.45) is 0 Å². The fourth-order valence-corrected chi connectivity index (χ4v) is 4.47. The lowest BCUT2D eigenvalue weighted by atomic mass is 10.1. The van der Waals surface area contributed by atoms with E-state index in [0.717, 1.165) is 10.4 Å². The standard InChI is InChI=1S/C21H22N2O5S2/c1-27-17-8-5-16(20(12-17)28-2)13-22-21(24)15-6-9-19(10-7-15)30(25,26)23-14-18-4-3-11-29-18/h3-12,23H,13-14H2,1-2H3,(H,22,24). The fourth-order valence-electron chi connectivity index (χ4n) is 2.72. The average Bonchev–Trinajstić information content (AvgIpc) is 3.30. The van der Waals surface area contributed by atoms with Gasteiger partial charge in [-0.1, -0.05) is 6.07 Å². The normalized spacial score (nSPS) is 11.1. The molecule has 0 fully saturated rings. The van der Waals surface area contributed by atoms with Crippen molar-refractivity contribution in [3.05, 3.63) is 76.0 Å². The van der Waals surface area contributed by atoms with E-state index in [4.69, 9.17) is 9.47 Å². The highest BCUT2D eigenvalue weighted by Crippen LogP contribution is 2.24. The van der Waals surface area contributed by atoms with E-state index in [1.165, 1.54) is 35.6 Å². The van der Waals surface area contributed by atoms with Crippen LogP contribution in [0.3, 0.4) is 0 Å². The Kier molecular flexibility index (Phi) is 7.09. The summed E-state index contributed by atoms with van der Waals surface area (Å²) in [5.74, 6) is 0.947. The van der Waals surface area contributed by atoms with Crippen molar-refractivity contribution >= 4 is 27.3 Å². The van der Waals surface area contributed by atoms with Crippen molar-refractivity contribution in [1.82, 2.24) is 10.0 Å². The molecule has 158 valence electrons. The number of hydrogen-bond acceptors (Lipinski definition) is 6. The summed E-state index contributed by atoms with van der Waals surface area (Å²) in [5, 5.41) is 4.69. The number of carbonyl (C=O) groups is 1. The number of benzene rings is 2.